The first-order valence-corrected chi connectivity index (χ1v) is 12.6. The molecule has 173 valence electrons. The molecule has 1 aromatic heterocycles. The van der Waals surface area contributed by atoms with Gasteiger partial charge in [0.05, 0.1) is 5.75 Å². The zero-order valence-corrected chi connectivity index (χ0v) is 22.1. The maximum absolute atomic E-state index is 12.8. The summed E-state index contributed by atoms with van der Waals surface area (Å²) in [6.45, 7) is 0.656. The molecule has 4 heterocycles. The van der Waals surface area contributed by atoms with Crippen molar-refractivity contribution < 1.29 is 24.3 Å². The maximum Gasteiger partial charge on any atom is 0.352 e. The van der Waals surface area contributed by atoms with Crippen molar-refractivity contribution in [3.05, 3.63) is 41.4 Å². The number of hydrogen-bond donors (Lipinski definition) is 2. The Bertz CT molecular complexity index is 1090. The Morgan fingerprint density at radius 1 is 1.26 bits per heavy atom. The summed E-state index contributed by atoms with van der Waals surface area (Å²) in [6, 6.07) is 1.20. The summed E-state index contributed by atoms with van der Waals surface area (Å²) in [5.41, 5.74) is 0.943. The van der Waals surface area contributed by atoms with Crippen LogP contribution in [0.15, 0.2) is 46.5 Å². The summed E-state index contributed by atoms with van der Waals surface area (Å²) in [5.74, 6) is -1.68. The van der Waals surface area contributed by atoms with Crippen molar-refractivity contribution in [1.82, 2.24) is 25.1 Å². The summed E-state index contributed by atoms with van der Waals surface area (Å²) >= 11 is 2.54. The zero-order chi connectivity index (χ0) is 23.1. The van der Waals surface area contributed by atoms with E-state index in [0.29, 0.717) is 41.1 Å². The molecule has 0 unspecified atom stereocenters. The normalized spacial score (nSPS) is 25.1. The van der Waals surface area contributed by atoms with Crippen LogP contribution in [-0.4, -0.2) is 114 Å². The number of β-lactam (4-membered cyclic amide) rings is 1. The molecule has 34 heavy (non-hydrogen) atoms. The fourth-order valence-corrected chi connectivity index (χ4v) is 6.09. The number of carboxylic acids is 1. The fraction of sp³-hybridized carbons (Fsp3) is 0.429. The van der Waals surface area contributed by atoms with Crippen LogP contribution < -0.4 is 5.32 Å². The number of carbonyl (C=O) groups excluding carboxylic acids is 3. The molecule has 4 aliphatic rings. The second kappa shape index (κ2) is 10.4. The van der Waals surface area contributed by atoms with Gasteiger partial charge in [-0.15, -0.1) is 11.8 Å². The molecule has 1 aliphatic carbocycles. The van der Waals surface area contributed by atoms with Gasteiger partial charge in [-0.1, -0.05) is 11.8 Å². The van der Waals surface area contributed by atoms with Gasteiger partial charge in [-0.2, -0.15) is 0 Å². The number of thioether (sulfide) groups is 2. The maximum atomic E-state index is 12.8. The number of carbonyl (C=O) groups is 4. The second-order valence-electron chi connectivity index (χ2n) is 8.10. The first-order valence-electron chi connectivity index (χ1n) is 10.6. The Morgan fingerprint density at radius 2 is 2.00 bits per heavy atom. The molecule has 10 nitrogen and oxygen atoms in total. The van der Waals surface area contributed by atoms with E-state index < -0.39 is 23.3 Å². The van der Waals surface area contributed by atoms with Gasteiger partial charge in [-0.25, -0.2) is 14.8 Å². The van der Waals surface area contributed by atoms with Crippen molar-refractivity contribution in [3.63, 3.8) is 0 Å². The molecular formula is C21H21N5NaO5S2. The van der Waals surface area contributed by atoms with Gasteiger partial charge in [-0.3, -0.25) is 19.3 Å². The van der Waals surface area contributed by atoms with Crippen molar-refractivity contribution in [1.29, 1.82) is 0 Å². The van der Waals surface area contributed by atoms with E-state index in [0.717, 1.165) is 24.6 Å². The van der Waals surface area contributed by atoms with Gasteiger partial charge in [0.1, 0.15) is 17.1 Å². The predicted octanol–water partition coefficient (Wildman–Crippen LogP) is 0.248. The van der Waals surface area contributed by atoms with Crippen LogP contribution in [0.3, 0.4) is 0 Å². The first kappa shape index (κ1) is 25.2. The van der Waals surface area contributed by atoms with Crippen molar-refractivity contribution in [2.75, 3.05) is 18.1 Å². The van der Waals surface area contributed by atoms with Crippen LogP contribution in [0.5, 0.6) is 0 Å². The number of aromatic nitrogens is 2. The molecule has 0 bridgehead atoms. The molecule has 0 aromatic carbocycles. The average molecular weight is 511 g/mol. The molecule has 3 amide bonds. The van der Waals surface area contributed by atoms with Gasteiger partial charge in [0.2, 0.25) is 11.8 Å². The SMILES string of the molecule is O=C(CSc1ncccn1)N[C@@H]1C(=O)N2C(C(=O)O)=C(C=C3CCN(C4CC4)C3=O)CS[C@H]12.[Na]. The zero-order valence-electron chi connectivity index (χ0n) is 18.5. The first-order chi connectivity index (χ1) is 15.9. The molecule has 13 heteroatoms. The van der Waals surface area contributed by atoms with Crippen molar-refractivity contribution in [3.8, 4) is 0 Å². The summed E-state index contributed by atoms with van der Waals surface area (Å²) in [5, 5.41) is 12.5. The molecule has 2 N–H and O–H groups in total. The summed E-state index contributed by atoms with van der Waals surface area (Å²) < 4.78 is 0. The van der Waals surface area contributed by atoms with Crippen LogP contribution in [0.2, 0.25) is 0 Å². The molecule has 3 fully saturated rings. The molecule has 0 spiro atoms. The van der Waals surface area contributed by atoms with E-state index >= 15 is 0 Å². The van der Waals surface area contributed by atoms with E-state index in [4.69, 9.17) is 0 Å². The molecule has 3 aliphatic heterocycles. The van der Waals surface area contributed by atoms with E-state index in [9.17, 15) is 24.3 Å². The van der Waals surface area contributed by atoms with E-state index in [1.165, 1.54) is 16.7 Å². The minimum atomic E-state index is -1.22. The van der Waals surface area contributed by atoms with Crippen LogP contribution in [-0.2, 0) is 19.2 Å². The molecule has 2 saturated heterocycles. The van der Waals surface area contributed by atoms with Gasteiger partial charge in [-0.05, 0) is 37.0 Å². The minimum Gasteiger partial charge on any atom is -0.477 e. The smallest absolute Gasteiger partial charge is 0.352 e. The number of carboxylic acid groups (broad SMARTS) is 1. The molecular weight excluding hydrogens is 489 g/mol. The molecule has 1 saturated carbocycles. The Balaban J connectivity index is 0.00000274. The van der Waals surface area contributed by atoms with E-state index in [2.05, 4.69) is 15.3 Å². The molecule has 1 aromatic rings. The minimum absolute atomic E-state index is 0. The molecule has 5 rings (SSSR count). The Kier molecular flexibility index (Phi) is 7.72. The Hall–Kier alpha value is -1.86. The second-order valence-corrected chi connectivity index (χ2v) is 10.2. The summed E-state index contributed by atoms with van der Waals surface area (Å²) in [4.78, 5) is 60.9. The summed E-state index contributed by atoms with van der Waals surface area (Å²) in [7, 11) is 0. The fourth-order valence-electron chi connectivity index (χ4n) is 4.17. The number of amides is 3. The number of rotatable bonds is 7. The van der Waals surface area contributed by atoms with Crippen LogP contribution in [0.1, 0.15) is 19.3 Å². The van der Waals surface area contributed by atoms with Crippen LogP contribution in [0.4, 0.5) is 0 Å². The van der Waals surface area contributed by atoms with Gasteiger partial charge < -0.3 is 15.3 Å². The number of likely N-dealkylation sites (tertiary alicyclic amines) is 1. The van der Waals surface area contributed by atoms with Crippen LogP contribution >= 0.6 is 23.5 Å². The van der Waals surface area contributed by atoms with Gasteiger partial charge in [0.15, 0.2) is 5.16 Å². The Morgan fingerprint density at radius 3 is 2.68 bits per heavy atom. The van der Waals surface area contributed by atoms with E-state index in [-0.39, 0.29) is 52.8 Å². The Labute approximate surface area is 226 Å². The number of nitrogens with zero attached hydrogens (tertiary/aromatic N) is 4. The van der Waals surface area contributed by atoms with Gasteiger partial charge in [0.25, 0.3) is 5.91 Å². The van der Waals surface area contributed by atoms with Crippen LogP contribution in [0.25, 0.3) is 0 Å². The van der Waals surface area contributed by atoms with Crippen LogP contribution in [0, 0.1) is 0 Å². The molecule has 2 atom stereocenters. The van der Waals surface area contributed by atoms with Crippen molar-refractivity contribution in [2.45, 2.75) is 41.9 Å². The number of aliphatic carboxylic acids is 1. The average Bonchev–Trinajstić information content (AvgIpc) is 3.59. The van der Waals surface area contributed by atoms with E-state index in [1.54, 1.807) is 24.5 Å². The number of allylic oxidation sites excluding steroid dienone is 1. The number of fused-ring (bicyclic) bond motifs is 1. The number of nitrogens with one attached hydrogen (secondary N) is 1. The third kappa shape index (κ3) is 4.92. The largest absolute Gasteiger partial charge is 0.477 e. The summed E-state index contributed by atoms with van der Waals surface area (Å²) in [6.07, 6.45) is 7.42. The van der Waals surface area contributed by atoms with Crippen molar-refractivity contribution >= 4 is 76.8 Å². The third-order valence-corrected chi connectivity index (χ3v) is 8.06. The quantitative estimate of drug-likeness (QED) is 0.174. The molecule has 1 radical (unpaired) electrons. The predicted molar refractivity (Wildman–Crippen MR) is 126 cm³/mol. The van der Waals surface area contributed by atoms with Gasteiger partial charge in [0, 0.05) is 65.9 Å². The van der Waals surface area contributed by atoms with E-state index in [1.807, 2.05) is 4.90 Å². The third-order valence-electron chi connectivity index (χ3n) is 5.89. The standard InChI is InChI=1S/C21H21N5O5S2.Na/c27-14(10-33-21-22-5-1-6-23-21)24-15-18(29)26-16(20(30)31)12(9-32-19(15)26)8-11-4-7-25(17(11)28)13-2-3-13;/h1,5-6,8,13,15,19H,2-4,7,9-10H2,(H,24,27)(H,30,31);/t15-,19-;/m1./s1. The number of hydrogen-bond acceptors (Lipinski definition) is 8. The topological polar surface area (TPSA) is 133 Å². The monoisotopic (exact) mass is 510 g/mol. The van der Waals surface area contributed by atoms with Gasteiger partial charge >= 0.3 is 5.97 Å². The van der Waals surface area contributed by atoms with Crippen molar-refractivity contribution in [2.24, 2.45) is 0 Å².